The van der Waals surface area contributed by atoms with Crippen molar-refractivity contribution < 1.29 is 4.79 Å². The van der Waals surface area contributed by atoms with E-state index < -0.39 is 0 Å². The first-order chi connectivity index (χ1) is 6.08. The van der Waals surface area contributed by atoms with Gasteiger partial charge in [-0.25, -0.2) is 0 Å². The minimum atomic E-state index is -0.118. The van der Waals surface area contributed by atoms with E-state index in [1.807, 2.05) is 19.0 Å². The molecule has 0 bridgehead atoms. The molecule has 0 aliphatic heterocycles. The number of halogens is 1. The van der Waals surface area contributed by atoms with E-state index in [2.05, 4.69) is 15.5 Å². The molecule has 0 spiro atoms. The van der Waals surface area contributed by atoms with Gasteiger partial charge in [-0.1, -0.05) is 11.3 Å². The summed E-state index contributed by atoms with van der Waals surface area (Å²) in [6.07, 6.45) is 0. The van der Waals surface area contributed by atoms with Gasteiger partial charge < -0.3 is 10.2 Å². The van der Waals surface area contributed by atoms with Crippen LogP contribution in [0.2, 0.25) is 0 Å². The molecule has 0 radical (unpaired) electrons. The van der Waals surface area contributed by atoms with Gasteiger partial charge in [-0.05, 0) is 14.1 Å². The Labute approximate surface area is 92.9 Å². The molecule has 5 nitrogen and oxygen atoms in total. The Bertz CT molecular complexity index is 302. The first-order valence-electron chi connectivity index (χ1n) is 3.82. The maximum Gasteiger partial charge on any atom is 0.223 e. The van der Waals surface area contributed by atoms with Gasteiger partial charge in [0.25, 0.3) is 0 Å². The lowest BCUT2D eigenvalue weighted by molar-refractivity contribution is -0.114. The summed E-state index contributed by atoms with van der Waals surface area (Å²) in [4.78, 5) is 12.7. The molecule has 1 N–H and O–H groups in total. The van der Waals surface area contributed by atoms with Crippen molar-refractivity contribution in [1.82, 2.24) is 15.1 Å². The molecule has 14 heavy (non-hydrogen) atoms. The van der Waals surface area contributed by atoms with Crippen LogP contribution in [0.25, 0.3) is 0 Å². The van der Waals surface area contributed by atoms with Crippen molar-refractivity contribution >= 4 is 34.8 Å². The molecule has 80 valence electrons. The van der Waals surface area contributed by atoms with E-state index in [-0.39, 0.29) is 18.3 Å². The van der Waals surface area contributed by atoms with E-state index in [0.29, 0.717) is 5.13 Å². The molecule has 0 aromatic carbocycles. The molecular weight excluding hydrogens is 224 g/mol. The maximum atomic E-state index is 10.7. The number of hydrogen-bond donors (Lipinski definition) is 1. The fourth-order valence-electron chi connectivity index (χ4n) is 0.789. The Balaban J connectivity index is 0.00000169. The average molecular weight is 237 g/mol. The van der Waals surface area contributed by atoms with E-state index >= 15 is 0 Å². The standard InChI is InChI=1S/C7H12N4OS.ClH/c1-5(12)8-7-10-9-6(13-7)4-11(2)3;/h4H2,1-3H3,(H,8,10,12);1H. The van der Waals surface area contributed by atoms with E-state index in [1.165, 1.54) is 18.3 Å². The van der Waals surface area contributed by atoms with Gasteiger partial charge in [0.15, 0.2) is 0 Å². The van der Waals surface area contributed by atoms with Crippen LogP contribution in [0.1, 0.15) is 11.9 Å². The van der Waals surface area contributed by atoms with Crippen LogP contribution in [0.5, 0.6) is 0 Å². The number of nitrogens with one attached hydrogen (secondary N) is 1. The number of nitrogens with zero attached hydrogens (tertiary/aromatic N) is 3. The van der Waals surface area contributed by atoms with Crippen LogP contribution in [-0.4, -0.2) is 35.1 Å². The normalized spacial score (nSPS) is 9.71. The lowest BCUT2D eigenvalue weighted by Gasteiger charge is -2.03. The van der Waals surface area contributed by atoms with Gasteiger partial charge in [-0.3, -0.25) is 4.79 Å². The Kier molecular flexibility index (Phi) is 5.59. The minimum absolute atomic E-state index is 0. The molecule has 1 heterocycles. The molecule has 1 aromatic heterocycles. The predicted molar refractivity (Wildman–Crippen MR) is 58.9 cm³/mol. The summed E-state index contributed by atoms with van der Waals surface area (Å²) >= 11 is 1.39. The minimum Gasteiger partial charge on any atom is -0.303 e. The average Bonchev–Trinajstić information content (AvgIpc) is 2.33. The molecule has 0 aliphatic rings. The predicted octanol–water partition coefficient (Wildman–Crippen LogP) is 0.980. The lowest BCUT2D eigenvalue weighted by atomic mass is 10.6. The molecule has 0 saturated heterocycles. The van der Waals surface area contributed by atoms with Gasteiger partial charge in [-0.2, -0.15) is 0 Å². The van der Waals surface area contributed by atoms with Crippen molar-refractivity contribution in [3.05, 3.63) is 5.01 Å². The van der Waals surface area contributed by atoms with Crippen molar-refractivity contribution in [3.63, 3.8) is 0 Å². The number of anilines is 1. The van der Waals surface area contributed by atoms with Crippen LogP contribution >= 0.6 is 23.7 Å². The Morgan fingerprint density at radius 3 is 2.64 bits per heavy atom. The molecule has 0 aliphatic carbocycles. The second kappa shape index (κ2) is 5.90. The molecule has 7 heteroatoms. The van der Waals surface area contributed by atoms with E-state index in [1.54, 1.807) is 0 Å². The number of carbonyl (C=O) groups is 1. The fourth-order valence-corrected chi connectivity index (χ4v) is 1.69. The van der Waals surface area contributed by atoms with Crippen LogP contribution in [0, 0.1) is 0 Å². The van der Waals surface area contributed by atoms with Crippen LogP contribution in [0.4, 0.5) is 5.13 Å². The molecule has 0 atom stereocenters. The van der Waals surface area contributed by atoms with Crippen molar-refractivity contribution in [3.8, 4) is 0 Å². The van der Waals surface area contributed by atoms with Gasteiger partial charge in [0, 0.05) is 6.92 Å². The second-order valence-electron chi connectivity index (χ2n) is 2.92. The molecule has 1 rings (SSSR count). The van der Waals surface area contributed by atoms with Gasteiger partial charge in [0.05, 0.1) is 6.54 Å². The van der Waals surface area contributed by atoms with Crippen LogP contribution in [0.15, 0.2) is 0 Å². The van der Waals surface area contributed by atoms with Crippen LogP contribution in [0.3, 0.4) is 0 Å². The van der Waals surface area contributed by atoms with E-state index in [4.69, 9.17) is 0 Å². The number of amides is 1. The third-order valence-electron chi connectivity index (χ3n) is 1.20. The largest absolute Gasteiger partial charge is 0.303 e. The molecular formula is C7H13ClN4OS. The van der Waals surface area contributed by atoms with Gasteiger partial charge in [0.1, 0.15) is 5.01 Å². The van der Waals surface area contributed by atoms with Crippen molar-refractivity contribution in [1.29, 1.82) is 0 Å². The molecule has 1 aromatic rings. The smallest absolute Gasteiger partial charge is 0.223 e. The zero-order chi connectivity index (χ0) is 9.84. The SMILES string of the molecule is CC(=O)Nc1nnc(CN(C)C)s1.Cl. The highest BCUT2D eigenvalue weighted by atomic mass is 35.5. The fraction of sp³-hybridized carbons (Fsp3) is 0.571. The summed E-state index contributed by atoms with van der Waals surface area (Å²) in [6, 6.07) is 0. The van der Waals surface area contributed by atoms with Crippen LogP contribution in [-0.2, 0) is 11.3 Å². The number of carbonyl (C=O) groups excluding carboxylic acids is 1. The third kappa shape index (κ3) is 4.50. The molecule has 0 fully saturated rings. The third-order valence-corrected chi connectivity index (χ3v) is 2.02. The first-order valence-corrected chi connectivity index (χ1v) is 4.64. The summed E-state index contributed by atoms with van der Waals surface area (Å²) in [5.41, 5.74) is 0. The molecule has 0 unspecified atom stereocenters. The summed E-state index contributed by atoms with van der Waals surface area (Å²) in [7, 11) is 3.92. The van der Waals surface area contributed by atoms with Gasteiger partial charge >= 0.3 is 0 Å². The second-order valence-corrected chi connectivity index (χ2v) is 3.98. The maximum absolute atomic E-state index is 10.7. The quantitative estimate of drug-likeness (QED) is 0.850. The monoisotopic (exact) mass is 236 g/mol. The zero-order valence-electron chi connectivity index (χ0n) is 8.27. The highest BCUT2D eigenvalue weighted by Gasteiger charge is 2.05. The van der Waals surface area contributed by atoms with Crippen LogP contribution < -0.4 is 5.32 Å². The summed E-state index contributed by atoms with van der Waals surface area (Å²) in [5.74, 6) is -0.118. The number of hydrogen-bond acceptors (Lipinski definition) is 5. The summed E-state index contributed by atoms with van der Waals surface area (Å²) < 4.78 is 0. The number of rotatable bonds is 3. The van der Waals surface area contributed by atoms with E-state index in [9.17, 15) is 4.79 Å². The first kappa shape index (κ1) is 13.3. The highest BCUT2D eigenvalue weighted by Crippen LogP contribution is 2.15. The topological polar surface area (TPSA) is 58.1 Å². The Hall–Kier alpha value is -0.720. The van der Waals surface area contributed by atoms with Crippen molar-refractivity contribution in [2.45, 2.75) is 13.5 Å². The highest BCUT2D eigenvalue weighted by molar-refractivity contribution is 7.15. The summed E-state index contributed by atoms with van der Waals surface area (Å²) in [5, 5.41) is 11.8. The molecule has 1 amide bonds. The Morgan fingerprint density at radius 2 is 2.14 bits per heavy atom. The van der Waals surface area contributed by atoms with Crippen molar-refractivity contribution in [2.75, 3.05) is 19.4 Å². The van der Waals surface area contributed by atoms with Gasteiger partial charge in [-0.15, -0.1) is 22.6 Å². The Morgan fingerprint density at radius 1 is 1.50 bits per heavy atom. The number of aromatic nitrogens is 2. The van der Waals surface area contributed by atoms with Crippen molar-refractivity contribution in [2.24, 2.45) is 0 Å². The van der Waals surface area contributed by atoms with Gasteiger partial charge in [0.2, 0.25) is 11.0 Å². The molecule has 0 saturated carbocycles. The summed E-state index contributed by atoms with van der Waals surface area (Å²) in [6.45, 7) is 2.20. The van der Waals surface area contributed by atoms with E-state index in [0.717, 1.165) is 11.6 Å². The lowest BCUT2D eigenvalue weighted by Crippen LogP contribution is -2.10. The zero-order valence-corrected chi connectivity index (χ0v) is 9.91.